The van der Waals surface area contributed by atoms with E-state index in [1.807, 2.05) is 12.1 Å². The molecule has 142 valence electrons. The molecule has 3 saturated heterocycles. The lowest BCUT2D eigenvalue weighted by Gasteiger charge is -2.57. The number of nitro benzene ring substituents is 1. The van der Waals surface area contributed by atoms with Crippen molar-refractivity contribution in [2.45, 2.75) is 50.7 Å². The van der Waals surface area contributed by atoms with Gasteiger partial charge in [-0.2, -0.15) is 0 Å². The van der Waals surface area contributed by atoms with E-state index < -0.39 is 0 Å². The van der Waals surface area contributed by atoms with Gasteiger partial charge in [0, 0.05) is 43.9 Å². The second-order valence-electron chi connectivity index (χ2n) is 8.17. The molecule has 0 amide bonds. The first-order chi connectivity index (χ1) is 12.7. The summed E-state index contributed by atoms with van der Waals surface area (Å²) in [7, 11) is 0. The molecule has 6 nitrogen and oxygen atoms in total. The van der Waals surface area contributed by atoms with E-state index in [1.54, 1.807) is 12.1 Å². The Labute approximate surface area is 154 Å². The molecule has 4 rings (SSSR count). The van der Waals surface area contributed by atoms with Crippen molar-refractivity contribution in [1.82, 2.24) is 9.80 Å². The Kier molecular flexibility index (Phi) is 5.25. The molecular weight excluding hydrogens is 330 g/mol. The first-order valence-corrected chi connectivity index (χ1v) is 9.99. The van der Waals surface area contributed by atoms with E-state index in [2.05, 4.69) is 9.80 Å². The van der Waals surface area contributed by atoms with Crippen LogP contribution in [0.3, 0.4) is 0 Å². The third kappa shape index (κ3) is 3.38. The lowest BCUT2D eigenvalue weighted by atomic mass is 9.69. The molecule has 26 heavy (non-hydrogen) atoms. The molecule has 0 aliphatic carbocycles. The van der Waals surface area contributed by atoms with Gasteiger partial charge in [-0.05, 0) is 62.6 Å². The number of aliphatic hydroxyl groups excluding tert-OH is 1. The topological polar surface area (TPSA) is 69.9 Å². The van der Waals surface area contributed by atoms with Crippen molar-refractivity contribution < 1.29 is 10.0 Å². The van der Waals surface area contributed by atoms with Crippen molar-refractivity contribution in [2.24, 2.45) is 11.8 Å². The fraction of sp³-hybridized carbons (Fsp3) is 0.700. The molecule has 0 aromatic heterocycles. The quantitative estimate of drug-likeness (QED) is 0.646. The van der Waals surface area contributed by atoms with Crippen LogP contribution in [-0.2, 0) is 6.54 Å². The highest BCUT2D eigenvalue weighted by Crippen LogP contribution is 2.43. The monoisotopic (exact) mass is 359 g/mol. The SMILES string of the molecule is O=[N+]([O-])c1ccc(CN2C[C@@H]3CCCN4CCC[C@@H]([C@H]34)[C@H]2CCO)cc1. The molecular formula is C20H29N3O3. The van der Waals surface area contributed by atoms with Crippen LogP contribution in [0.15, 0.2) is 24.3 Å². The van der Waals surface area contributed by atoms with Crippen molar-refractivity contribution in [3.8, 4) is 0 Å². The Morgan fingerprint density at radius 3 is 2.58 bits per heavy atom. The van der Waals surface area contributed by atoms with Crippen LogP contribution in [0.2, 0.25) is 0 Å². The zero-order valence-electron chi connectivity index (χ0n) is 15.3. The number of hydrogen-bond donors (Lipinski definition) is 1. The smallest absolute Gasteiger partial charge is 0.269 e. The Bertz CT molecular complexity index is 634. The summed E-state index contributed by atoms with van der Waals surface area (Å²) in [4.78, 5) is 15.8. The summed E-state index contributed by atoms with van der Waals surface area (Å²) in [6.45, 7) is 4.62. The molecule has 0 radical (unpaired) electrons. The van der Waals surface area contributed by atoms with Crippen LogP contribution in [0.25, 0.3) is 0 Å². The molecule has 6 heteroatoms. The highest BCUT2D eigenvalue weighted by atomic mass is 16.6. The molecule has 0 unspecified atom stereocenters. The molecule has 4 atom stereocenters. The van der Waals surface area contributed by atoms with Crippen LogP contribution in [-0.4, -0.2) is 58.2 Å². The van der Waals surface area contributed by atoms with Crippen molar-refractivity contribution >= 4 is 5.69 Å². The Morgan fingerprint density at radius 2 is 1.88 bits per heavy atom. The van der Waals surface area contributed by atoms with Crippen LogP contribution < -0.4 is 0 Å². The van der Waals surface area contributed by atoms with Gasteiger partial charge in [0.25, 0.3) is 5.69 Å². The fourth-order valence-corrected chi connectivity index (χ4v) is 5.75. The lowest BCUT2D eigenvalue weighted by molar-refractivity contribution is -0.384. The largest absolute Gasteiger partial charge is 0.396 e. The van der Waals surface area contributed by atoms with Crippen LogP contribution in [0.1, 0.15) is 37.7 Å². The average Bonchev–Trinajstić information content (AvgIpc) is 2.65. The molecule has 3 heterocycles. The lowest BCUT2D eigenvalue weighted by Crippen LogP contribution is -2.64. The van der Waals surface area contributed by atoms with Gasteiger partial charge in [0.1, 0.15) is 0 Å². The summed E-state index contributed by atoms with van der Waals surface area (Å²) in [5.41, 5.74) is 1.27. The van der Waals surface area contributed by atoms with Gasteiger partial charge < -0.3 is 5.11 Å². The minimum absolute atomic E-state index is 0.148. The normalized spacial score (nSPS) is 32.2. The van der Waals surface area contributed by atoms with Crippen LogP contribution in [0, 0.1) is 22.0 Å². The summed E-state index contributed by atoms with van der Waals surface area (Å²) in [6, 6.07) is 8.08. The zero-order valence-corrected chi connectivity index (χ0v) is 15.3. The number of aliphatic hydroxyl groups is 1. The van der Waals surface area contributed by atoms with E-state index in [-0.39, 0.29) is 17.2 Å². The average molecular weight is 359 g/mol. The zero-order chi connectivity index (χ0) is 18.1. The molecule has 3 aliphatic heterocycles. The highest BCUT2D eigenvalue weighted by Gasteiger charge is 2.48. The standard InChI is InChI=1S/C20H29N3O3/c24-12-9-19-18-4-2-11-21-10-1-3-16(20(18)21)14-22(19)13-15-5-7-17(8-6-15)23(25)26/h5-8,16,18-20,24H,1-4,9-14H2/t16-,18+,19+,20-/m0/s1. The minimum Gasteiger partial charge on any atom is -0.396 e. The Balaban J connectivity index is 1.54. The summed E-state index contributed by atoms with van der Waals surface area (Å²) in [6.07, 6.45) is 5.96. The number of nitrogens with zero attached hydrogens (tertiary/aromatic N) is 3. The summed E-state index contributed by atoms with van der Waals surface area (Å²) in [5, 5.41) is 20.6. The van der Waals surface area contributed by atoms with Gasteiger partial charge in [0.05, 0.1) is 4.92 Å². The predicted octanol–water partition coefficient (Wildman–Crippen LogP) is 2.65. The Hall–Kier alpha value is -1.50. The second-order valence-corrected chi connectivity index (χ2v) is 8.17. The van der Waals surface area contributed by atoms with Gasteiger partial charge in [-0.1, -0.05) is 12.1 Å². The maximum absolute atomic E-state index is 10.9. The van der Waals surface area contributed by atoms with E-state index >= 15 is 0 Å². The van der Waals surface area contributed by atoms with Gasteiger partial charge >= 0.3 is 0 Å². The van der Waals surface area contributed by atoms with E-state index in [9.17, 15) is 15.2 Å². The van der Waals surface area contributed by atoms with Crippen LogP contribution in [0.5, 0.6) is 0 Å². The molecule has 3 fully saturated rings. The maximum Gasteiger partial charge on any atom is 0.269 e. The molecule has 0 saturated carbocycles. The summed E-state index contributed by atoms with van der Waals surface area (Å²) in [5.74, 6) is 1.37. The van der Waals surface area contributed by atoms with E-state index in [0.717, 1.165) is 31.0 Å². The van der Waals surface area contributed by atoms with Crippen molar-refractivity contribution in [1.29, 1.82) is 0 Å². The first-order valence-electron chi connectivity index (χ1n) is 9.99. The number of hydrogen-bond acceptors (Lipinski definition) is 5. The van der Waals surface area contributed by atoms with Gasteiger partial charge in [-0.25, -0.2) is 0 Å². The number of non-ortho nitro benzene ring substituents is 1. The molecule has 3 aliphatic rings. The number of nitro groups is 1. The maximum atomic E-state index is 10.9. The number of benzene rings is 1. The van der Waals surface area contributed by atoms with Gasteiger partial charge in [-0.3, -0.25) is 19.9 Å². The second kappa shape index (κ2) is 7.62. The predicted molar refractivity (Wildman–Crippen MR) is 99.8 cm³/mol. The third-order valence-electron chi connectivity index (χ3n) is 6.74. The number of piperidine rings is 3. The van der Waals surface area contributed by atoms with E-state index in [0.29, 0.717) is 18.0 Å². The summed E-state index contributed by atoms with van der Waals surface area (Å²) >= 11 is 0. The molecule has 1 aromatic rings. The fourth-order valence-electron chi connectivity index (χ4n) is 5.75. The van der Waals surface area contributed by atoms with Crippen LogP contribution in [0.4, 0.5) is 5.69 Å². The molecule has 0 spiro atoms. The minimum atomic E-state index is -0.345. The summed E-state index contributed by atoms with van der Waals surface area (Å²) < 4.78 is 0. The van der Waals surface area contributed by atoms with Gasteiger partial charge in [-0.15, -0.1) is 0 Å². The highest BCUT2D eigenvalue weighted by molar-refractivity contribution is 5.32. The first kappa shape index (κ1) is 17.9. The third-order valence-corrected chi connectivity index (χ3v) is 6.74. The number of rotatable bonds is 5. The Morgan fingerprint density at radius 1 is 1.15 bits per heavy atom. The van der Waals surface area contributed by atoms with Crippen molar-refractivity contribution in [3.63, 3.8) is 0 Å². The number of likely N-dealkylation sites (tertiary alicyclic amines) is 1. The van der Waals surface area contributed by atoms with E-state index in [4.69, 9.17) is 0 Å². The molecule has 1 N–H and O–H groups in total. The van der Waals surface area contributed by atoms with E-state index in [1.165, 1.54) is 38.8 Å². The van der Waals surface area contributed by atoms with Crippen LogP contribution >= 0.6 is 0 Å². The molecule has 1 aromatic carbocycles. The van der Waals surface area contributed by atoms with Crippen molar-refractivity contribution in [2.75, 3.05) is 26.2 Å². The van der Waals surface area contributed by atoms with Gasteiger partial charge in [0.2, 0.25) is 0 Å². The van der Waals surface area contributed by atoms with Crippen molar-refractivity contribution in [3.05, 3.63) is 39.9 Å². The molecule has 0 bridgehead atoms. The van der Waals surface area contributed by atoms with Gasteiger partial charge in [0.15, 0.2) is 0 Å².